The van der Waals surface area contributed by atoms with Crippen LogP contribution >= 0.6 is 0 Å². The van der Waals surface area contributed by atoms with Gasteiger partial charge in [0, 0.05) is 30.0 Å². The number of carbonyl (C=O) groups excluding carboxylic acids is 1. The Bertz CT molecular complexity index is 1140. The monoisotopic (exact) mass is 505 g/mol. The molecule has 3 rings (SSSR count). The minimum Gasteiger partial charge on any atom is -0.406 e. The molecule has 2 aromatic heterocycles. The molecule has 0 amide bonds. The van der Waals surface area contributed by atoms with Crippen LogP contribution in [0.5, 0.6) is 5.75 Å². The first-order chi connectivity index (χ1) is 17.1. The Balaban J connectivity index is 0.000000493. The molecule has 0 radical (unpaired) electrons. The molecule has 3 aromatic rings. The molecule has 6 nitrogen and oxygen atoms in total. The highest BCUT2D eigenvalue weighted by atomic mass is 19.4. The van der Waals surface area contributed by atoms with Gasteiger partial charge in [-0.05, 0) is 67.7 Å². The number of ketones is 1. The number of alkyl halides is 3. The molecule has 0 aliphatic rings. The van der Waals surface area contributed by atoms with Crippen LogP contribution in [-0.4, -0.2) is 38.6 Å². The van der Waals surface area contributed by atoms with E-state index in [1.807, 2.05) is 19.9 Å². The summed E-state index contributed by atoms with van der Waals surface area (Å²) in [6, 6.07) is 7.42. The van der Waals surface area contributed by atoms with Crippen molar-refractivity contribution in [2.24, 2.45) is 5.92 Å². The van der Waals surface area contributed by atoms with Crippen LogP contribution in [0.15, 0.2) is 49.2 Å². The number of pyridine rings is 1. The zero-order chi connectivity index (χ0) is 26.9. The zero-order valence-electron chi connectivity index (χ0n) is 21.2. The second-order valence-electron chi connectivity index (χ2n) is 8.41. The van der Waals surface area contributed by atoms with Crippen LogP contribution in [0.1, 0.15) is 64.1 Å². The van der Waals surface area contributed by atoms with Gasteiger partial charge in [-0.2, -0.15) is 5.10 Å². The Morgan fingerprint density at radius 3 is 2.25 bits per heavy atom. The van der Waals surface area contributed by atoms with E-state index in [1.165, 1.54) is 30.3 Å². The minimum atomic E-state index is -4.73. The number of aromatic nitrogens is 3. The first-order valence-electron chi connectivity index (χ1n) is 12.1. The minimum absolute atomic E-state index is 0.0100. The lowest BCUT2D eigenvalue weighted by molar-refractivity contribution is -0.274. The molecule has 36 heavy (non-hydrogen) atoms. The lowest BCUT2D eigenvalue weighted by atomic mass is 9.95. The number of fused-ring (bicyclic) bond motifs is 1. The van der Waals surface area contributed by atoms with Gasteiger partial charge in [-0.3, -0.25) is 4.79 Å². The number of hydrogen-bond acceptors (Lipinski definition) is 5. The summed E-state index contributed by atoms with van der Waals surface area (Å²) in [6.45, 7) is 11.5. The highest BCUT2D eigenvalue weighted by Crippen LogP contribution is 2.33. The van der Waals surface area contributed by atoms with Gasteiger partial charge in [-0.25, -0.2) is 9.67 Å². The summed E-state index contributed by atoms with van der Waals surface area (Å²) in [5, 5.41) is 15.1. The largest absolute Gasteiger partial charge is 0.573 e. The summed E-state index contributed by atoms with van der Waals surface area (Å²) < 4.78 is 42.7. The van der Waals surface area contributed by atoms with Crippen LogP contribution in [0.4, 0.5) is 13.2 Å². The van der Waals surface area contributed by atoms with Gasteiger partial charge in [-0.1, -0.05) is 34.3 Å². The third-order valence-electron chi connectivity index (χ3n) is 6.05. The molecule has 1 unspecified atom stereocenters. The molecule has 0 aliphatic carbocycles. The molecular weight excluding hydrogens is 471 g/mol. The van der Waals surface area contributed by atoms with Gasteiger partial charge in [0.2, 0.25) is 0 Å². The fraction of sp³-hybridized carbons (Fsp3) is 0.444. The number of halogens is 3. The second-order valence-corrected chi connectivity index (χ2v) is 8.41. The second kappa shape index (κ2) is 13.2. The van der Waals surface area contributed by atoms with Gasteiger partial charge >= 0.3 is 6.36 Å². The average molecular weight is 506 g/mol. The quantitative estimate of drug-likeness (QED) is 0.316. The first kappa shape index (κ1) is 29.0. The number of rotatable bonds is 10. The maximum absolute atomic E-state index is 12.4. The molecule has 0 bridgehead atoms. The highest BCUT2D eigenvalue weighted by Gasteiger charge is 2.31. The fourth-order valence-electron chi connectivity index (χ4n) is 3.80. The van der Waals surface area contributed by atoms with Crippen molar-refractivity contribution in [3.8, 4) is 11.4 Å². The van der Waals surface area contributed by atoms with E-state index in [9.17, 15) is 23.1 Å². The normalized spacial score (nSPS) is 12.2. The lowest BCUT2D eigenvalue weighted by Crippen LogP contribution is -2.17. The van der Waals surface area contributed by atoms with Gasteiger partial charge < -0.3 is 9.84 Å². The standard InChI is InChI=1S/C20H22F3N3O2.C7H12O/c1-3-13(4-2)18-17-14(10-12-27)9-11-24-19(17)26(25-18)15-5-7-16(8-6-15)28-20(21,22)23;1-4-6(3)7(8)5-2/h5-9,11,13,27H,3-4,10,12H2,1-2H3;5-6H,2,4H2,1,3H3. The summed E-state index contributed by atoms with van der Waals surface area (Å²) in [4.78, 5) is 15.1. The van der Waals surface area contributed by atoms with Crippen molar-refractivity contribution in [2.45, 2.75) is 65.7 Å². The molecule has 0 aliphatic heterocycles. The Hall–Kier alpha value is -3.20. The van der Waals surface area contributed by atoms with Crippen LogP contribution in [0.3, 0.4) is 0 Å². The SMILES string of the molecule is C=CC(=O)C(C)CC.CCC(CC)c1nn(-c2ccc(OC(F)(F)F)cc2)c2nccc(CCO)c12. The van der Waals surface area contributed by atoms with Crippen LogP contribution in [0, 0.1) is 5.92 Å². The Labute approximate surface area is 209 Å². The van der Waals surface area contributed by atoms with E-state index in [4.69, 9.17) is 5.10 Å². The van der Waals surface area contributed by atoms with Crippen molar-refractivity contribution in [2.75, 3.05) is 6.61 Å². The third-order valence-corrected chi connectivity index (χ3v) is 6.05. The number of hydrogen-bond donors (Lipinski definition) is 1. The summed E-state index contributed by atoms with van der Waals surface area (Å²) in [5.74, 6) is 0.236. The maximum atomic E-state index is 12.4. The number of benzene rings is 1. The molecule has 196 valence electrons. The molecule has 2 heterocycles. The molecule has 1 N–H and O–H groups in total. The number of aliphatic hydroxyl groups is 1. The van der Waals surface area contributed by atoms with Gasteiger partial charge in [-0.15, -0.1) is 13.2 Å². The van der Waals surface area contributed by atoms with E-state index in [0.29, 0.717) is 17.8 Å². The van der Waals surface area contributed by atoms with Crippen LogP contribution < -0.4 is 4.74 Å². The summed E-state index contributed by atoms with van der Waals surface area (Å²) >= 11 is 0. The maximum Gasteiger partial charge on any atom is 0.573 e. The fourth-order valence-corrected chi connectivity index (χ4v) is 3.80. The lowest BCUT2D eigenvalue weighted by Gasteiger charge is -2.11. The van der Waals surface area contributed by atoms with E-state index in [0.717, 1.165) is 35.9 Å². The molecule has 9 heteroatoms. The molecule has 0 saturated carbocycles. The Morgan fingerprint density at radius 2 is 1.78 bits per heavy atom. The molecule has 0 saturated heterocycles. The average Bonchev–Trinajstić information content (AvgIpc) is 3.24. The van der Waals surface area contributed by atoms with Crippen LogP contribution in [0.25, 0.3) is 16.7 Å². The molecule has 1 aromatic carbocycles. The van der Waals surface area contributed by atoms with Crippen molar-refractivity contribution in [3.63, 3.8) is 0 Å². The van der Waals surface area contributed by atoms with Crippen molar-refractivity contribution >= 4 is 16.8 Å². The van der Waals surface area contributed by atoms with Crippen LogP contribution in [0.2, 0.25) is 0 Å². The smallest absolute Gasteiger partial charge is 0.406 e. The third kappa shape index (κ3) is 7.40. The van der Waals surface area contributed by atoms with Crippen molar-refractivity contribution in [1.29, 1.82) is 0 Å². The topological polar surface area (TPSA) is 77.2 Å². The van der Waals surface area contributed by atoms with E-state index < -0.39 is 6.36 Å². The van der Waals surface area contributed by atoms with E-state index >= 15 is 0 Å². The van der Waals surface area contributed by atoms with Crippen molar-refractivity contribution in [1.82, 2.24) is 14.8 Å². The first-order valence-corrected chi connectivity index (χ1v) is 12.1. The number of nitrogens with zero attached hydrogens (tertiary/aromatic N) is 3. The number of carbonyl (C=O) groups is 1. The predicted molar refractivity (Wildman–Crippen MR) is 134 cm³/mol. The van der Waals surface area contributed by atoms with Crippen molar-refractivity contribution in [3.05, 3.63) is 60.4 Å². The van der Waals surface area contributed by atoms with E-state index in [2.05, 4.69) is 30.1 Å². The molecule has 0 fully saturated rings. The Kier molecular flexibility index (Phi) is 10.6. The van der Waals surface area contributed by atoms with Crippen LogP contribution in [-0.2, 0) is 11.2 Å². The summed E-state index contributed by atoms with van der Waals surface area (Å²) in [5.41, 5.74) is 3.06. The van der Waals surface area contributed by atoms with Crippen molar-refractivity contribution < 1.29 is 27.8 Å². The molecule has 0 spiro atoms. The zero-order valence-corrected chi connectivity index (χ0v) is 21.2. The van der Waals surface area contributed by atoms with E-state index in [1.54, 1.807) is 10.9 Å². The highest BCUT2D eigenvalue weighted by molar-refractivity contribution is 5.90. The summed E-state index contributed by atoms with van der Waals surface area (Å²) in [7, 11) is 0. The summed E-state index contributed by atoms with van der Waals surface area (Å²) in [6.07, 6.45) is 1.49. The van der Waals surface area contributed by atoms with Gasteiger partial charge in [0.1, 0.15) is 5.75 Å². The Morgan fingerprint density at radius 1 is 1.14 bits per heavy atom. The predicted octanol–water partition coefficient (Wildman–Crippen LogP) is 6.55. The van der Waals surface area contributed by atoms with Gasteiger partial charge in [0.05, 0.1) is 11.4 Å². The van der Waals surface area contributed by atoms with Gasteiger partial charge in [0.25, 0.3) is 0 Å². The number of allylic oxidation sites excluding steroid dienone is 1. The molecular formula is C27H34F3N3O3. The van der Waals surface area contributed by atoms with E-state index in [-0.39, 0.29) is 30.0 Å². The van der Waals surface area contributed by atoms with Gasteiger partial charge in [0.15, 0.2) is 11.4 Å². The number of ether oxygens (including phenoxy) is 1. The molecule has 1 atom stereocenters. The number of aliphatic hydroxyl groups excluding tert-OH is 1.